The van der Waals surface area contributed by atoms with Crippen LogP contribution in [0.2, 0.25) is 0 Å². The predicted octanol–water partition coefficient (Wildman–Crippen LogP) is 2.16. The third kappa shape index (κ3) is 4.31. The summed E-state index contributed by atoms with van der Waals surface area (Å²) in [6.45, 7) is 3.42. The Morgan fingerprint density at radius 1 is 1.22 bits per heavy atom. The normalized spacial score (nSPS) is 15.2. The van der Waals surface area contributed by atoms with Crippen LogP contribution in [0.25, 0.3) is 0 Å². The Hall–Kier alpha value is -1.06. The van der Waals surface area contributed by atoms with E-state index in [1.165, 1.54) is 18.4 Å². The van der Waals surface area contributed by atoms with Gasteiger partial charge >= 0.3 is 0 Å². The Morgan fingerprint density at radius 2 is 1.83 bits per heavy atom. The molecule has 3 nitrogen and oxygen atoms in total. The average Bonchev–Trinajstić information content (AvgIpc) is 2.83. The van der Waals surface area contributed by atoms with Crippen LogP contribution in [0.4, 0.5) is 0 Å². The first-order valence-electron chi connectivity index (χ1n) is 6.26. The number of amides is 1. The number of carbonyl (C=O) groups is 1. The van der Waals surface area contributed by atoms with Crippen molar-refractivity contribution in [3.05, 3.63) is 35.9 Å². The van der Waals surface area contributed by atoms with Gasteiger partial charge in [0.1, 0.15) is 0 Å². The third-order valence-electron chi connectivity index (χ3n) is 3.25. The van der Waals surface area contributed by atoms with Crippen molar-refractivity contribution in [2.75, 3.05) is 26.7 Å². The van der Waals surface area contributed by atoms with E-state index in [9.17, 15) is 4.79 Å². The Labute approximate surface area is 115 Å². The molecule has 0 saturated carbocycles. The summed E-state index contributed by atoms with van der Waals surface area (Å²) in [5, 5.41) is 0. The second-order valence-electron chi connectivity index (χ2n) is 4.72. The van der Waals surface area contributed by atoms with Gasteiger partial charge in [-0.05, 0) is 31.5 Å². The molecule has 0 radical (unpaired) electrons. The van der Waals surface area contributed by atoms with Gasteiger partial charge in [-0.3, -0.25) is 9.69 Å². The van der Waals surface area contributed by atoms with E-state index in [1.54, 1.807) is 0 Å². The molecule has 0 spiro atoms. The van der Waals surface area contributed by atoms with Crippen LogP contribution in [0.3, 0.4) is 0 Å². The molecule has 1 aliphatic rings. The molecule has 18 heavy (non-hydrogen) atoms. The van der Waals surface area contributed by atoms with E-state index < -0.39 is 0 Å². The van der Waals surface area contributed by atoms with Crippen LogP contribution in [0.15, 0.2) is 30.3 Å². The fraction of sp³-hybridized carbons (Fsp3) is 0.500. The number of carbonyl (C=O) groups excluding carboxylic acids is 1. The molecule has 100 valence electrons. The highest BCUT2D eigenvalue weighted by molar-refractivity contribution is 5.85. The minimum atomic E-state index is 0. The maximum absolute atomic E-state index is 12.0. The van der Waals surface area contributed by atoms with Crippen LogP contribution in [0.5, 0.6) is 0 Å². The molecule has 1 saturated heterocycles. The van der Waals surface area contributed by atoms with E-state index >= 15 is 0 Å². The van der Waals surface area contributed by atoms with Crippen molar-refractivity contribution in [2.45, 2.75) is 19.4 Å². The van der Waals surface area contributed by atoms with Crippen LogP contribution in [0.1, 0.15) is 18.4 Å². The largest absolute Gasteiger partial charge is 0.340 e. The number of benzene rings is 1. The zero-order chi connectivity index (χ0) is 12.1. The van der Waals surface area contributed by atoms with Crippen LogP contribution >= 0.6 is 12.4 Å². The van der Waals surface area contributed by atoms with Crippen LogP contribution in [0, 0.1) is 0 Å². The minimum Gasteiger partial charge on any atom is -0.340 e. The number of likely N-dealkylation sites (tertiary alicyclic amines) is 1. The molecular weight excluding hydrogens is 248 g/mol. The lowest BCUT2D eigenvalue weighted by molar-refractivity contribution is -0.131. The monoisotopic (exact) mass is 268 g/mol. The number of hydrogen-bond acceptors (Lipinski definition) is 2. The first-order chi connectivity index (χ1) is 8.25. The van der Waals surface area contributed by atoms with E-state index in [0.717, 1.165) is 13.1 Å². The van der Waals surface area contributed by atoms with Crippen LogP contribution in [-0.2, 0) is 11.3 Å². The first kappa shape index (κ1) is 15.0. The Balaban J connectivity index is 0.00000162. The average molecular weight is 269 g/mol. The molecule has 1 heterocycles. The lowest BCUT2D eigenvalue weighted by Gasteiger charge is -2.21. The van der Waals surface area contributed by atoms with Gasteiger partial charge in [0.15, 0.2) is 0 Å². The maximum Gasteiger partial charge on any atom is 0.236 e. The summed E-state index contributed by atoms with van der Waals surface area (Å²) in [6.07, 6.45) is 2.46. The zero-order valence-electron chi connectivity index (χ0n) is 10.8. The molecule has 4 heteroatoms. The zero-order valence-corrected chi connectivity index (χ0v) is 11.7. The summed E-state index contributed by atoms with van der Waals surface area (Å²) in [5.41, 5.74) is 1.18. The van der Waals surface area contributed by atoms with Gasteiger partial charge in [0, 0.05) is 13.6 Å². The van der Waals surface area contributed by atoms with Gasteiger partial charge < -0.3 is 4.90 Å². The summed E-state index contributed by atoms with van der Waals surface area (Å²) in [4.78, 5) is 16.0. The molecular formula is C14H21ClN2O. The van der Waals surface area contributed by atoms with Crippen LogP contribution < -0.4 is 0 Å². The molecule has 1 amide bonds. The van der Waals surface area contributed by atoms with Crippen LogP contribution in [-0.4, -0.2) is 42.4 Å². The molecule has 1 aliphatic heterocycles. The lowest BCUT2D eigenvalue weighted by Crippen LogP contribution is -2.36. The van der Waals surface area contributed by atoms with E-state index in [-0.39, 0.29) is 18.3 Å². The van der Waals surface area contributed by atoms with Crippen molar-refractivity contribution in [3.8, 4) is 0 Å². The molecule has 0 bridgehead atoms. The fourth-order valence-electron chi connectivity index (χ4n) is 2.20. The number of halogens is 1. The predicted molar refractivity (Wildman–Crippen MR) is 75.8 cm³/mol. The van der Waals surface area contributed by atoms with E-state index in [4.69, 9.17) is 0 Å². The maximum atomic E-state index is 12.0. The molecule has 1 aromatic carbocycles. The standard InChI is InChI=1S/C14H20N2O.ClH/c1-15(11-13-7-3-2-4-8-13)14(17)12-16-9-5-6-10-16;/h2-4,7-8H,5-6,9-12H2,1H3;1H. The van der Waals surface area contributed by atoms with Gasteiger partial charge in [0.25, 0.3) is 0 Å². The van der Waals surface area contributed by atoms with Gasteiger partial charge in [-0.25, -0.2) is 0 Å². The quantitative estimate of drug-likeness (QED) is 0.836. The molecule has 0 atom stereocenters. The van der Waals surface area contributed by atoms with E-state index in [1.807, 2.05) is 30.1 Å². The molecule has 1 fully saturated rings. The third-order valence-corrected chi connectivity index (χ3v) is 3.25. The van der Waals surface area contributed by atoms with Crippen molar-refractivity contribution < 1.29 is 4.79 Å². The highest BCUT2D eigenvalue weighted by Gasteiger charge is 2.17. The van der Waals surface area contributed by atoms with Crippen molar-refractivity contribution >= 4 is 18.3 Å². The number of likely N-dealkylation sites (N-methyl/N-ethyl adjacent to an activating group) is 1. The number of hydrogen-bond donors (Lipinski definition) is 0. The van der Waals surface area contributed by atoms with Crippen molar-refractivity contribution in [2.24, 2.45) is 0 Å². The second-order valence-corrected chi connectivity index (χ2v) is 4.72. The molecule has 0 aliphatic carbocycles. The molecule has 1 aromatic rings. The van der Waals surface area contributed by atoms with Crippen molar-refractivity contribution in [1.82, 2.24) is 9.80 Å². The Morgan fingerprint density at radius 3 is 2.44 bits per heavy atom. The van der Waals surface area contributed by atoms with E-state index in [0.29, 0.717) is 13.1 Å². The molecule has 2 rings (SSSR count). The summed E-state index contributed by atoms with van der Waals surface area (Å²) in [7, 11) is 1.88. The van der Waals surface area contributed by atoms with Gasteiger partial charge in [-0.15, -0.1) is 12.4 Å². The molecule has 0 aromatic heterocycles. The Bertz CT molecular complexity index is 363. The Kier molecular flexibility index (Phi) is 6.16. The second kappa shape index (κ2) is 7.39. The van der Waals surface area contributed by atoms with Gasteiger partial charge in [0.05, 0.1) is 6.54 Å². The minimum absolute atomic E-state index is 0. The highest BCUT2D eigenvalue weighted by Crippen LogP contribution is 2.08. The summed E-state index contributed by atoms with van der Waals surface area (Å²) >= 11 is 0. The van der Waals surface area contributed by atoms with Gasteiger partial charge in [0.2, 0.25) is 5.91 Å². The SMILES string of the molecule is CN(Cc1ccccc1)C(=O)CN1CCCC1.Cl. The van der Waals surface area contributed by atoms with Gasteiger partial charge in [-0.2, -0.15) is 0 Å². The summed E-state index contributed by atoms with van der Waals surface area (Å²) < 4.78 is 0. The smallest absolute Gasteiger partial charge is 0.236 e. The van der Waals surface area contributed by atoms with Crippen molar-refractivity contribution in [3.63, 3.8) is 0 Å². The summed E-state index contributed by atoms with van der Waals surface area (Å²) in [5.74, 6) is 0.218. The fourth-order valence-corrected chi connectivity index (χ4v) is 2.20. The number of rotatable bonds is 4. The van der Waals surface area contributed by atoms with Gasteiger partial charge in [-0.1, -0.05) is 30.3 Å². The molecule has 0 unspecified atom stereocenters. The molecule has 0 N–H and O–H groups in total. The summed E-state index contributed by atoms with van der Waals surface area (Å²) in [6, 6.07) is 10.1. The number of nitrogens with zero attached hydrogens (tertiary/aromatic N) is 2. The lowest BCUT2D eigenvalue weighted by atomic mass is 10.2. The van der Waals surface area contributed by atoms with Crippen molar-refractivity contribution in [1.29, 1.82) is 0 Å². The topological polar surface area (TPSA) is 23.6 Å². The first-order valence-corrected chi connectivity index (χ1v) is 6.26. The van der Waals surface area contributed by atoms with E-state index in [2.05, 4.69) is 17.0 Å². The highest BCUT2D eigenvalue weighted by atomic mass is 35.5.